The number of nitriles is 1. The lowest BCUT2D eigenvalue weighted by Crippen LogP contribution is -2.51. The maximum absolute atomic E-state index is 12.7. The van der Waals surface area contributed by atoms with Crippen LogP contribution in [0.5, 0.6) is 0 Å². The van der Waals surface area contributed by atoms with Crippen molar-refractivity contribution in [3.63, 3.8) is 0 Å². The van der Waals surface area contributed by atoms with Crippen LogP contribution in [0.25, 0.3) is 0 Å². The fraction of sp³-hybridized carbons (Fsp3) is 0.500. The maximum Gasteiger partial charge on any atom is 0.244 e. The summed E-state index contributed by atoms with van der Waals surface area (Å²) in [6, 6.07) is 8.88. The number of carbonyl (C=O) groups excluding carboxylic acids is 3. The van der Waals surface area contributed by atoms with Crippen LogP contribution in [0.2, 0.25) is 0 Å². The Morgan fingerprint density at radius 1 is 1.26 bits per heavy atom. The Kier molecular flexibility index (Phi) is 5.17. The molecule has 7 nitrogen and oxygen atoms in total. The minimum absolute atomic E-state index is 0.00945. The first-order valence-corrected chi connectivity index (χ1v) is 9.22. The first-order chi connectivity index (χ1) is 12.8. The normalized spacial score (nSPS) is 21.1. The van der Waals surface area contributed by atoms with Gasteiger partial charge < -0.3 is 15.1 Å². The van der Waals surface area contributed by atoms with Crippen molar-refractivity contribution in [3.05, 3.63) is 24.3 Å². The number of likely N-dealkylation sites (tertiary alicyclic amines) is 1. The van der Waals surface area contributed by atoms with Gasteiger partial charge in [0, 0.05) is 19.4 Å². The highest BCUT2D eigenvalue weighted by atomic mass is 16.2. The fourth-order valence-electron chi connectivity index (χ4n) is 3.85. The molecule has 1 aromatic rings. The van der Waals surface area contributed by atoms with Gasteiger partial charge in [0.15, 0.2) is 0 Å². The Hall–Kier alpha value is -2.88. The molecular formula is C20H24N4O3. The van der Waals surface area contributed by atoms with Crippen LogP contribution in [0.3, 0.4) is 0 Å². The van der Waals surface area contributed by atoms with Crippen LogP contribution in [0.1, 0.15) is 39.5 Å². The summed E-state index contributed by atoms with van der Waals surface area (Å²) in [5, 5.41) is 12.2. The van der Waals surface area contributed by atoms with E-state index in [1.54, 1.807) is 29.2 Å². The third-order valence-electron chi connectivity index (χ3n) is 5.34. The van der Waals surface area contributed by atoms with Crippen LogP contribution >= 0.6 is 0 Å². The molecule has 1 unspecified atom stereocenters. The minimum Gasteiger partial charge on any atom is -0.326 e. The average molecular weight is 368 g/mol. The summed E-state index contributed by atoms with van der Waals surface area (Å²) in [6.07, 6.45) is 1.79. The molecule has 2 aliphatic rings. The second kappa shape index (κ2) is 7.39. The van der Waals surface area contributed by atoms with Crippen LogP contribution in [-0.2, 0) is 14.4 Å². The van der Waals surface area contributed by atoms with Crippen LogP contribution in [-0.4, -0.2) is 41.8 Å². The lowest BCUT2D eigenvalue weighted by molar-refractivity contribution is -0.138. The van der Waals surface area contributed by atoms with Gasteiger partial charge in [-0.2, -0.15) is 5.26 Å². The van der Waals surface area contributed by atoms with Gasteiger partial charge in [0.05, 0.1) is 17.4 Å². The van der Waals surface area contributed by atoms with Crippen molar-refractivity contribution in [1.82, 2.24) is 4.90 Å². The molecule has 0 saturated carbocycles. The Labute approximate surface area is 158 Å². The maximum atomic E-state index is 12.7. The number of benzene rings is 1. The molecule has 0 aliphatic carbocycles. The first kappa shape index (κ1) is 18.9. The first-order valence-electron chi connectivity index (χ1n) is 9.22. The van der Waals surface area contributed by atoms with E-state index in [9.17, 15) is 19.6 Å². The molecule has 1 atom stereocenters. The number of nitrogens with one attached hydrogen (secondary N) is 1. The standard InChI is InChI=1S/C20H24N4O3/c1-20(2)10-5-11-23(16(20)12-21)18(26)8-9-19(27)24-13-17(25)22-14-6-3-4-7-15(14)24/h3-4,6-7,16H,5,8-11,13H2,1-2H3,(H,22,25). The lowest BCUT2D eigenvalue weighted by Gasteiger charge is -2.42. The van der Waals surface area contributed by atoms with Gasteiger partial charge in [-0.3, -0.25) is 14.4 Å². The molecular weight excluding hydrogens is 344 g/mol. The second-order valence-corrected chi connectivity index (χ2v) is 7.76. The van der Waals surface area contributed by atoms with Gasteiger partial charge in [-0.25, -0.2) is 0 Å². The van der Waals surface area contributed by atoms with E-state index in [1.165, 1.54) is 4.90 Å². The highest BCUT2D eigenvalue weighted by molar-refractivity contribution is 6.10. The SMILES string of the molecule is CC1(C)CCCN(C(=O)CCC(=O)N2CC(=O)Nc3ccccc32)C1C#N. The highest BCUT2D eigenvalue weighted by Gasteiger charge is 2.40. The summed E-state index contributed by atoms with van der Waals surface area (Å²) < 4.78 is 0. The summed E-state index contributed by atoms with van der Waals surface area (Å²) in [6.45, 7) is 4.48. The number of hydrogen-bond donors (Lipinski definition) is 1. The van der Waals surface area contributed by atoms with Crippen molar-refractivity contribution in [1.29, 1.82) is 5.26 Å². The minimum atomic E-state index is -0.477. The molecule has 7 heteroatoms. The zero-order chi connectivity index (χ0) is 19.6. The Morgan fingerprint density at radius 3 is 2.70 bits per heavy atom. The monoisotopic (exact) mass is 368 g/mol. The fourth-order valence-corrected chi connectivity index (χ4v) is 3.85. The van der Waals surface area contributed by atoms with E-state index < -0.39 is 6.04 Å². The molecule has 1 fully saturated rings. The van der Waals surface area contributed by atoms with E-state index in [1.807, 2.05) is 13.8 Å². The molecule has 3 amide bonds. The molecule has 1 saturated heterocycles. The Bertz CT molecular complexity index is 812. The molecule has 1 N–H and O–H groups in total. The smallest absolute Gasteiger partial charge is 0.244 e. The van der Waals surface area contributed by atoms with E-state index in [0.717, 1.165) is 12.8 Å². The van der Waals surface area contributed by atoms with Gasteiger partial charge in [0.25, 0.3) is 0 Å². The number of rotatable bonds is 3. The third-order valence-corrected chi connectivity index (χ3v) is 5.34. The predicted octanol–water partition coefficient (Wildman–Crippen LogP) is 2.29. The van der Waals surface area contributed by atoms with Crippen LogP contribution in [0.4, 0.5) is 11.4 Å². The quantitative estimate of drug-likeness (QED) is 0.886. The number of para-hydroxylation sites is 2. The number of hydrogen-bond acceptors (Lipinski definition) is 4. The molecule has 0 radical (unpaired) electrons. The number of carbonyl (C=O) groups is 3. The largest absolute Gasteiger partial charge is 0.326 e. The lowest BCUT2D eigenvalue weighted by atomic mass is 9.77. The Balaban J connectivity index is 1.67. The number of nitrogens with zero attached hydrogens (tertiary/aromatic N) is 3. The average Bonchev–Trinajstić information content (AvgIpc) is 2.64. The van der Waals surface area contributed by atoms with Crippen molar-refractivity contribution in [2.45, 2.75) is 45.6 Å². The van der Waals surface area contributed by atoms with Crippen LogP contribution in [0, 0.1) is 16.7 Å². The molecule has 1 aromatic carbocycles. The molecule has 27 heavy (non-hydrogen) atoms. The van der Waals surface area contributed by atoms with Gasteiger partial charge in [0.1, 0.15) is 12.6 Å². The number of piperidine rings is 1. The Morgan fingerprint density at radius 2 is 1.96 bits per heavy atom. The van der Waals surface area contributed by atoms with E-state index in [2.05, 4.69) is 11.4 Å². The highest BCUT2D eigenvalue weighted by Crippen LogP contribution is 2.35. The summed E-state index contributed by atoms with van der Waals surface area (Å²) in [5.41, 5.74) is 0.982. The summed E-state index contributed by atoms with van der Waals surface area (Å²) in [7, 11) is 0. The van der Waals surface area contributed by atoms with Crippen LogP contribution in [0.15, 0.2) is 24.3 Å². The van der Waals surface area contributed by atoms with E-state index in [0.29, 0.717) is 17.9 Å². The zero-order valence-corrected chi connectivity index (χ0v) is 15.7. The van der Waals surface area contributed by atoms with Crippen molar-refractivity contribution >= 4 is 29.1 Å². The van der Waals surface area contributed by atoms with Gasteiger partial charge in [0.2, 0.25) is 17.7 Å². The number of amides is 3. The van der Waals surface area contributed by atoms with Crippen molar-refractivity contribution in [2.75, 3.05) is 23.3 Å². The van der Waals surface area contributed by atoms with Gasteiger partial charge in [-0.05, 0) is 30.4 Å². The molecule has 2 heterocycles. The molecule has 0 aromatic heterocycles. The predicted molar refractivity (Wildman–Crippen MR) is 101 cm³/mol. The summed E-state index contributed by atoms with van der Waals surface area (Å²) >= 11 is 0. The van der Waals surface area contributed by atoms with Gasteiger partial charge in [-0.1, -0.05) is 26.0 Å². The van der Waals surface area contributed by atoms with Crippen molar-refractivity contribution in [3.8, 4) is 6.07 Å². The summed E-state index contributed by atoms with van der Waals surface area (Å²) in [5.74, 6) is -0.705. The molecule has 0 spiro atoms. The van der Waals surface area contributed by atoms with E-state index in [-0.39, 0.29) is 42.5 Å². The van der Waals surface area contributed by atoms with Crippen molar-refractivity contribution in [2.24, 2.45) is 5.41 Å². The van der Waals surface area contributed by atoms with Gasteiger partial charge in [-0.15, -0.1) is 0 Å². The third kappa shape index (κ3) is 3.80. The number of anilines is 2. The van der Waals surface area contributed by atoms with Crippen molar-refractivity contribution < 1.29 is 14.4 Å². The zero-order valence-electron chi connectivity index (χ0n) is 15.7. The molecule has 3 rings (SSSR count). The number of fused-ring (bicyclic) bond motifs is 1. The molecule has 0 bridgehead atoms. The molecule has 2 aliphatic heterocycles. The van der Waals surface area contributed by atoms with E-state index in [4.69, 9.17) is 0 Å². The second-order valence-electron chi connectivity index (χ2n) is 7.76. The van der Waals surface area contributed by atoms with Gasteiger partial charge >= 0.3 is 0 Å². The topological polar surface area (TPSA) is 93.5 Å². The van der Waals surface area contributed by atoms with E-state index >= 15 is 0 Å². The van der Waals surface area contributed by atoms with Crippen LogP contribution < -0.4 is 10.2 Å². The molecule has 142 valence electrons. The summed E-state index contributed by atoms with van der Waals surface area (Å²) in [4.78, 5) is 40.2.